The fraction of sp³-hybridized carbons (Fsp3) is 0.348. The van der Waals surface area contributed by atoms with Crippen molar-refractivity contribution in [3.05, 3.63) is 53.6 Å². The second kappa shape index (κ2) is 9.43. The number of nitrogens with zero attached hydrogens (tertiary/aromatic N) is 1. The zero-order chi connectivity index (χ0) is 21.8. The average molecular weight is 440 g/mol. The number of phenolic OH excluding ortho intramolecular Hbond substituents is 1. The molecule has 162 valence electrons. The number of benzene rings is 2. The minimum absolute atomic E-state index is 0.0428. The van der Waals surface area contributed by atoms with Crippen LogP contribution in [-0.4, -0.2) is 40.5 Å². The van der Waals surface area contributed by atoms with Crippen LogP contribution in [0.5, 0.6) is 5.75 Å². The Labute approximate surface area is 185 Å². The van der Waals surface area contributed by atoms with Gasteiger partial charge in [-0.1, -0.05) is 30.0 Å². The summed E-state index contributed by atoms with van der Waals surface area (Å²) in [6, 6.07) is 12.8. The maximum absolute atomic E-state index is 12.6. The molecule has 31 heavy (non-hydrogen) atoms. The first-order valence-corrected chi connectivity index (χ1v) is 11.3. The van der Waals surface area contributed by atoms with Crippen molar-refractivity contribution in [2.24, 2.45) is 0 Å². The molecule has 2 saturated heterocycles. The first-order chi connectivity index (χ1) is 15.0. The van der Waals surface area contributed by atoms with E-state index in [9.17, 15) is 19.5 Å². The van der Waals surface area contributed by atoms with E-state index in [0.29, 0.717) is 12.1 Å². The minimum Gasteiger partial charge on any atom is -0.506 e. The number of phenols is 1. The van der Waals surface area contributed by atoms with Crippen molar-refractivity contribution in [1.29, 1.82) is 0 Å². The number of carbonyl (C=O) groups excluding carboxylic acids is 3. The minimum atomic E-state index is -0.502. The van der Waals surface area contributed by atoms with Gasteiger partial charge in [0.25, 0.3) is 5.24 Å². The third-order valence-corrected chi connectivity index (χ3v) is 6.50. The molecule has 2 aromatic carbocycles. The van der Waals surface area contributed by atoms with E-state index < -0.39 is 5.25 Å². The summed E-state index contributed by atoms with van der Waals surface area (Å²) in [6.07, 6.45) is 4.18. The summed E-state index contributed by atoms with van der Waals surface area (Å²) in [5.74, 6) is -0.590. The van der Waals surface area contributed by atoms with E-state index in [1.165, 1.54) is 25.3 Å². The normalized spacial score (nSPS) is 18.7. The molecule has 0 saturated carbocycles. The molecule has 2 aliphatic rings. The lowest BCUT2D eigenvalue weighted by atomic mass is 10.1. The molecule has 4 rings (SSSR count). The fourth-order valence-corrected chi connectivity index (χ4v) is 4.81. The Morgan fingerprint density at radius 2 is 1.90 bits per heavy atom. The fourth-order valence-electron chi connectivity index (χ4n) is 3.95. The molecular weight excluding hydrogens is 414 g/mol. The van der Waals surface area contributed by atoms with Crippen LogP contribution in [0.4, 0.5) is 16.2 Å². The van der Waals surface area contributed by atoms with E-state index in [-0.39, 0.29) is 29.2 Å². The number of piperidine rings is 1. The van der Waals surface area contributed by atoms with Gasteiger partial charge in [0.1, 0.15) is 5.75 Å². The van der Waals surface area contributed by atoms with E-state index in [1.807, 2.05) is 18.2 Å². The zero-order valence-electron chi connectivity index (χ0n) is 17.1. The largest absolute Gasteiger partial charge is 0.506 e. The highest BCUT2D eigenvalue weighted by molar-refractivity contribution is 8.15. The van der Waals surface area contributed by atoms with E-state index in [2.05, 4.69) is 21.6 Å². The number of hydrogen-bond acceptors (Lipinski definition) is 6. The number of aromatic hydroxyl groups is 1. The quantitative estimate of drug-likeness (QED) is 0.597. The van der Waals surface area contributed by atoms with Crippen LogP contribution < -0.4 is 15.5 Å². The number of hydrogen-bond donors (Lipinski definition) is 3. The van der Waals surface area contributed by atoms with Crippen molar-refractivity contribution >= 4 is 40.2 Å². The molecule has 1 atom stereocenters. The van der Waals surface area contributed by atoms with Crippen molar-refractivity contribution in [2.75, 3.05) is 23.3 Å². The van der Waals surface area contributed by atoms with Gasteiger partial charge in [-0.2, -0.15) is 0 Å². The standard InChI is InChI=1S/C23H25N3O4S/c27-19-8-7-16(13-20-22(29)25-23(30)31-20)12-18(19)24-21(28)14-15-5-4-6-17(11-15)26-9-2-1-3-10-26/h4-8,11-12,20,27H,1-3,9-10,13-14H2,(H,24,28)(H,25,29,30). The Morgan fingerprint density at radius 3 is 2.65 bits per heavy atom. The molecule has 0 aromatic heterocycles. The predicted molar refractivity (Wildman–Crippen MR) is 122 cm³/mol. The highest BCUT2D eigenvalue weighted by Gasteiger charge is 2.31. The maximum Gasteiger partial charge on any atom is 0.286 e. The Hall–Kier alpha value is -3.00. The molecule has 2 fully saturated rings. The summed E-state index contributed by atoms with van der Waals surface area (Å²) in [6.45, 7) is 2.08. The molecule has 2 heterocycles. The van der Waals surface area contributed by atoms with Gasteiger partial charge in [0.15, 0.2) is 0 Å². The highest BCUT2D eigenvalue weighted by Crippen LogP contribution is 2.29. The number of imide groups is 1. The lowest BCUT2D eigenvalue weighted by molar-refractivity contribution is -0.119. The molecule has 7 nitrogen and oxygen atoms in total. The molecule has 2 aliphatic heterocycles. The Balaban J connectivity index is 1.40. The zero-order valence-corrected chi connectivity index (χ0v) is 17.9. The van der Waals surface area contributed by atoms with Gasteiger partial charge >= 0.3 is 0 Å². The van der Waals surface area contributed by atoms with Crippen LogP contribution in [-0.2, 0) is 22.4 Å². The van der Waals surface area contributed by atoms with Gasteiger partial charge in [-0.25, -0.2) is 0 Å². The lowest BCUT2D eigenvalue weighted by Crippen LogP contribution is -2.29. The number of amides is 3. The number of nitrogens with one attached hydrogen (secondary N) is 2. The first kappa shape index (κ1) is 21.2. The topological polar surface area (TPSA) is 98.7 Å². The summed E-state index contributed by atoms with van der Waals surface area (Å²) >= 11 is 0.954. The number of anilines is 2. The Kier molecular flexibility index (Phi) is 6.46. The maximum atomic E-state index is 12.6. The summed E-state index contributed by atoms with van der Waals surface area (Å²) in [4.78, 5) is 38.1. The third kappa shape index (κ3) is 5.38. The van der Waals surface area contributed by atoms with Gasteiger partial charge in [0, 0.05) is 18.8 Å². The molecule has 1 unspecified atom stereocenters. The van der Waals surface area contributed by atoms with E-state index in [4.69, 9.17) is 0 Å². The van der Waals surface area contributed by atoms with Crippen LogP contribution in [0.15, 0.2) is 42.5 Å². The van der Waals surface area contributed by atoms with Crippen molar-refractivity contribution in [3.8, 4) is 5.75 Å². The van der Waals surface area contributed by atoms with Crippen LogP contribution in [0.2, 0.25) is 0 Å². The molecule has 3 N–H and O–H groups in total. The Morgan fingerprint density at radius 1 is 1.10 bits per heavy atom. The Bertz CT molecular complexity index is 1000. The summed E-state index contributed by atoms with van der Waals surface area (Å²) in [7, 11) is 0. The highest BCUT2D eigenvalue weighted by atomic mass is 32.2. The molecule has 8 heteroatoms. The number of thioether (sulfide) groups is 1. The van der Waals surface area contributed by atoms with Crippen LogP contribution in [0, 0.1) is 0 Å². The second-order valence-electron chi connectivity index (χ2n) is 7.88. The predicted octanol–water partition coefficient (Wildman–Crippen LogP) is 3.46. The molecule has 0 radical (unpaired) electrons. The molecule has 0 aliphatic carbocycles. The van der Waals surface area contributed by atoms with E-state index in [1.54, 1.807) is 12.1 Å². The van der Waals surface area contributed by atoms with Gasteiger partial charge in [-0.05, 0) is 61.1 Å². The van der Waals surface area contributed by atoms with E-state index in [0.717, 1.165) is 41.7 Å². The van der Waals surface area contributed by atoms with Crippen LogP contribution >= 0.6 is 11.8 Å². The van der Waals surface area contributed by atoms with Gasteiger partial charge in [0.2, 0.25) is 11.8 Å². The molecule has 0 bridgehead atoms. The molecular formula is C23H25N3O4S. The molecule has 2 aromatic rings. The lowest BCUT2D eigenvalue weighted by Gasteiger charge is -2.29. The molecule has 3 amide bonds. The van der Waals surface area contributed by atoms with Gasteiger partial charge in [-0.15, -0.1) is 0 Å². The first-order valence-electron chi connectivity index (χ1n) is 10.4. The monoisotopic (exact) mass is 439 g/mol. The SMILES string of the molecule is O=C(Cc1cccc(N2CCCCC2)c1)Nc1cc(CC2SC(=O)NC2=O)ccc1O. The van der Waals surface area contributed by atoms with Crippen molar-refractivity contribution in [2.45, 2.75) is 37.4 Å². The van der Waals surface area contributed by atoms with Crippen molar-refractivity contribution in [1.82, 2.24) is 5.32 Å². The van der Waals surface area contributed by atoms with Crippen LogP contribution in [0.1, 0.15) is 30.4 Å². The van der Waals surface area contributed by atoms with Gasteiger partial charge in [-0.3, -0.25) is 19.7 Å². The van der Waals surface area contributed by atoms with Crippen LogP contribution in [0.25, 0.3) is 0 Å². The smallest absolute Gasteiger partial charge is 0.286 e. The van der Waals surface area contributed by atoms with Gasteiger partial charge < -0.3 is 15.3 Å². The van der Waals surface area contributed by atoms with Crippen molar-refractivity contribution < 1.29 is 19.5 Å². The van der Waals surface area contributed by atoms with Gasteiger partial charge in [0.05, 0.1) is 17.4 Å². The molecule has 0 spiro atoms. The number of rotatable bonds is 6. The number of carbonyl (C=O) groups is 3. The summed E-state index contributed by atoms with van der Waals surface area (Å²) in [5.41, 5.74) is 3.09. The second-order valence-corrected chi connectivity index (χ2v) is 9.06. The third-order valence-electron chi connectivity index (χ3n) is 5.52. The van der Waals surface area contributed by atoms with E-state index >= 15 is 0 Å². The van der Waals surface area contributed by atoms with Crippen LogP contribution in [0.3, 0.4) is 0 Å². The van der Waals surface area contributed by atoms with Crippen molar-refractivity contribution in [3.63, 3.8) is 0 Å². The summed E-state index contributed by atoms with van der Waals surface area (Å²) in [5, 5.41) is 14.3. The average Bonchev–Trinajstić information content (AvgIpc) is 3.08. The summed E-state index contributed by atoms with van der Waals surface area (Å²) < 4.78 is 0.